The minimum atomic E-state index is 0.0365. The Kier molecular flexibility index (Phi) is 5.23. The van der Waals surface area contributed by atoms with Crippen LogP contribution >= 0.6 is 23.2 Å². The Morgan fingerprint density at radius 3 is 2.38 bits per heavy atom. The first-order valence-electron chi connectivity index (χ1n) is 4.86. The number of nitriles is 1. The van der Waals surface area contributed by atoms with E-state index in [0.717, 1.165) is 12.8 Å². The number of anilines is 1. The van der Waals surface area contributed by atoms with Gasteiger partial charge in [-0.1, -0.05) is 13.3 Å². The summed E-state index contributed by atoms with van der Waals surface area (Å²) in [5.74, 6) is 0.347. The molecule has 0 spiro atoms. The van der Waals surface area contributed by atoms with Crippen LogP contribution in [0.25, 0.3) is 0 Å². The molecule has 1 aromatic heterocycles. The lowest BCUT2D eigenvalue weighted by Gasteiger charge is -2.18. The zero-order valence-corrected chi connectivity index (χ0v) is 10.3. The SMILES string of the molecule is CCCCN(CC#N)c1nc(Cl)nc(Cl)n1. The molecule has 0 amide bonds. The highest BCUT2D eigenvalue weighted by atomic mass is 35.5. The number of hydrogen-bond donors (Lipinski definition) is 0. The van der Waals surface area contributed by atoms with Gasteiger partial charge in [-0.25, -0.2) is 0 Å². The fraction of sp³-hybridized carbons (Fsp3) is 0.556. The number of halogens is 2. The van der Waals surface area contributed by atoms with Crippen molar-refractivity contribution in [3.8, 4) is 6.07 Å². The number of nitrogens with zero attached hydrogens (tertiary/aromatic N) is 5. The fourth-order valence-electron chi connectivity index (χ4n) is 1.14. The lowest BCUT2D eigenvalue weighted by Crippen LogP contribution is -2.27. The molecule has 0 aliphatic heterocycles. The number of aromatic nitrogens is 3. The van der Waals surface area contributed by atoms with Crippen LogP contribution < -0.4 is 4.90 Å². The molecule has 0 N–H and O–H groups in total. The molecule has 0 aliphatic carbocycles. The zero-order chi connectivity index (χ0) is 12.0. The molecule has 16 heavy (non-hydrogen) atoms. The predicted octanol–water partition coefficient (Wildman–Crippen LogP) is 2.31. The molecule has 5 nitrogen and oxygen atoms in total. The average molecular weight is 260 g/mol. The van der Waals surface area contributed by atoms with Gasteiger partial charge in [-0.05, 0) is 29.6 Å². The van der Waals surface area contributed by atoms with Crippen LogP contribution in [0, 0.1) is 11.3 Å². The Morgan fingerprint density at radius 2 is 1.88 bits per heavy atom. The van der Waals surface area contributed by atoms with Gasteiger partial charge < -0.3 is 4.90 Å². The second-order valence-electron chi connectivity index (χ2n) is 3.11. The van der Waals surface area contributed by atoms with E-state index in [0.29, 0.717) is 12.5 Å². The van der Waals surface area contributed by atoms with Crippen molar-refractivity contribution < 1.29 is 0 Å². The molecule has 0 radical (unpaired) electrons. The molecule has 1 rings (SSSR count). The summed E-state index contributed by atoms with van der Waals surface area (Å²) in [5, 5.41) is 8.78. The van der Waals surface area contributed by atoms with Crippen molar-refractivity contribution >= 4 is 29.2 Å². The molecule has 1 heterocycles. The van der Waals surface area contributed by atoms with Crippen LogP contribution in [-0.4, -0.2) is 28.0 Å². The molecule has 0 unspecified atom stereocenters. The van der Waals surface area contributed by atoms with Gasteiger partial charge in [0, 0.05) is 6.54 Å². The van der Waals surface area contributed by atoms with Gasteiger partial charge in [-0.3, -0.25) is 0 Å². The molecule has 0 saturated carbocycles. The van der Waals surface area contributed by atoms with Crippen molar-refractivity contribution in [2.45, 2.75) is 19.8 Å². The van der Waals surface area contributed by atoms with E-state index >= 15 is 0 Å². The van der Waals surface area contributed by atoms with Crippen LogP contribution in [0.5, 0.6) is 0 Å². The van der Waals surface area contributed by atoms with E-state index in [1.54, 1.807) is 4.90 Å². The summed E-state index contributed by atoms with van der Waals surface area (Å²) >= 11 is 11.3. The van der Waals surface area contributed by atoms with Gasteiger partial charge in [0.15, 0.2) is 0 Å². The molecule has 0 aliphatic rings. The first-order valence-corrected chi connectivity index (χ1v) is 5.62. The van der Waals surface area contributed by atoms with Gasteiger partial charge in [-0.2, -0.15) is 20.2 Å². The second kappa shape index (κ2) is 6.46. The van der Waals surface area contributed by atoms with E-state index in [1.165, 1.54) is 0 Å². The highest BCUT2D eigenvalue weighted by molar-refractivity contribution is 6.31. The maximum atomic E-state index is 8.71. The maximum absolute atomic E-state index is 8.71. The summed E-state index contributed by atoms with van der Waals surface area (Å²) in [5.41, 5.74) is 0. The van der Waals surface area contributed by atoms with Gasteiger partial charge >= 0.3 is 0 Å². The van der Waals surface area contributed by atoms with Crippen molar-refractivity contribution in [1.82, 2.24) is 15.0 Å². The molecular weight excluding hydrogens is 249 g/mol. The third-order valence-electron chi connectivity index (χ3n) is 1.90. The first-order chi connectivity index (χ1) is 7.67. The Morgan fingerprint density at radius 1 is 1.25 bits per heavy atom. The monoisotopic (exact) mass is 259 g/mol. The predicted molar refractivity (Wildman–Crippen MR) is 62.6 cm³/mol. The van der Waals surface area contributed by atoms with E-state index < -0.39 is 0 Å². The molecule has 0 atom stereocenters. The largest absolute Gasteiger partial charge is 0.327 e. The summed E-state index contributed by atoms with van der Waals surface area (Å²) < 4.78 is 0. The Labute approximate surface area is 104 Å². The topological polar surface area (TPSA) is 65.7 Å². The lowest BCUT2D eigenvalue weighted by atomic mass is 10.3. The molecule has 0 saturated heterocycles. The highest BCUT2D eigenvalue weighted by Gasteiger charge is 2.11. The van der Waals surface area contributed by atoms with Gasteiger partial charge in [-0.15, -0.1) is 0 Å². The van der Waals surface area contributed by atoms with Gasteiger partial charge in [0.1, 0.15) is 6.54 Å². The fourth-order valence-corrected chi connectivity index (χ4v) is 1.50. The summed E-state index contributed by atoms with van der Waals surface area (Å²) in [6.07, 6.45) is 1.97. The van der Waals surface area contributed by atoms with Crippen LogP contribution in [0.4, 0.5) is 5.95 Å². The number of unbranched alkanes of at least 4 members (excludes halogenated alkanes) is 1. The number of rotatable bonds is 5. The highest BCUT2D eigenvalue weighted by Crippen LogP contribution is 2.14. The van der Waals surface area contributed by atoms with Crippen LogP contribution in [-0.2, 0) is 0 Å². The van der Waals surface area contributed by atoms with E-state index in [4.69, 9.17) is 28.5 Å². The molecular formula is C9H11Cl2N5. The Bertz CT molecular complexity index is 370. The van der Waals surface area contributed by atoms with E-state index in [2.05, 4.69) is 27.9 Å². The Hall–Kier alpha value is -1.12. The molecule has 0 aromatic carbocycles. The maximum Gasteiger partial charge on any atom is 0.231 e. The molecule has 86 valence electrons. The van der Waals surface area contributed by atoms with Crippen LogP contribution in [0.15, 0.2) is 0 Å². The van der Waals surface area contributed by atoms with E-state index in [1.807, 2.05) is 0 Å². The van der Waals surface area contributed by atoms with Crippen molar-refractivity contribution in [2.75, 3.05) is 18.0 Å². The smallest absolute Gasteiger partial charge is 0.231 e. The molecule has 0 bridgehead atoms. The van der Waals surface area contributed by atoms with Gasteiger partial charge in [0.2, 0.25) is 16.5 Å². The molecule has 7 heteroatoms. The Balaban J connectivity index is 2.87. The average Bonchev–Trinajstić information content (AvgIpc) is 2.22. The van der Waals surface area contributed by atoms with Gasteiger partial charge in [0.05, 0.1) is 6.07 Å². The van der Waals surface area contributed by atoms with E-state index in [-0.39, 0.29) is 17.1 Å². The minimum Gasteiger partial charge on any atom is -0.327 e. The second-order valence-corrected chi connectivity index (χ2v) is 3.78. The van der Waals surface area contributed by atoms with Crippen molar-refractivity contribution in [2.24, 2.45) is 0 Å². The third kappa shape index (κ3) is 3.80. The van der Waals surface area contributed by atoms with Crippen molar-refractivity contribution in [3.63, 3.8) is 0 Å². The summed E-state index contributed by atoms with van der Waals surface area (Å²) in [6.45, 7) is 2.97. The van der Waals surface area contributed by atoms with Gasteiger partial charge in [0.25, 0.3) is 0 Å². The van der Waals surface area contributed by atoms with Crippen LogP contribution in [0.1, 0.15) is 19.8 Å². The van der Waals surface area contributed by atoms with Crippen molar-refractivity contribution in [3.05, 3.63) is 10.6 Å². The minimum absolute atomic E-state index is 0.0365. The standard InChI is InChI=1S/C9H11Cl2N5/c1-2-3-5-16(6-4-12)9-14-7(10)13-8(11)15-9/h2-3,5-6H2,1H3. The summed E-state index contributed by atoms with van der Waals surface area (Å²) in [4.78, 5) is 13.3. The quantitative estimate of drug-likeness (QED) is 0.760. The zero-order valence-electron chi connectivity index (χ0n) is 8.82. The summed E-state index contributed by atoms with van der Waals surface area (Å²) in [6, 6.07) is 2.05. The van der Waals surface area contributed by atoms with Crippen molar-refractivity contribution in [1.29, 1.82) is 5.26 Å². The summed E-state index contributed by atoms with van der Waals surface area (Å²) in [7, 11) is 0. The third-order valence-corrected chi connectivity index (χ3v) is 2.23. The normalized spacial score (nSPS) is 9.88. The van der Waals surface area contributed by atoms with E-state index in [9.17, 15) is 0 Å². The molecule has 1 aromatic rings. The molecule has 0 fully saturated rings. The lowest BCUT2D eigenvalue weighted by molar-refractivity contribution is 0.727. The van der Waals surface area contributed by atoms with Crippen LogP contribution in [0.3, 0.4) is 0 Å². The number of hydrogen-bond acceptors (Lipinski definition) is 5. The first kappa shape index (κ1) is 12.9. The van der Waals surface area contributed by atoms with Crippen LogP contribution in [0.2, 0.25) is 10.6 Å².